The monoisotopic (exact) mass is 331 g/mol. The molecule has 0 aliphatic rings. The average molecular weight is 331 g/mol. The molecule has 0 saturated heterocycles. The molecule has 0 aromatic carbocycles. The summed E-state index contributed by atoms with van der Waals surface area (Å²) in [6, 6.07) is -1.65. The molecule has 0 fully saturated rings. The fourth-order valence-corrected chi connectivity index (χ4v) is 2.20. The van der Waals surface area contributed by atoms with E-state index in [1.54, 1.807) is 0 Å². The Morgan fingerprint density at radius 3 is 2.13 bits per heavy atom. The number of nitrogens with one attached hydrogen (secondary N) is 2. The van der Waals surface area contributed by atoms with Crippen LogP contribution in [0.25, 0.3) is 0 Å². The topological polar surface area (TPSA) is 125 Å². The molecule has 0 heterocycles. The molecule has 0 spiro atoms. The van der Waals surface area contributed by atoms with Crippen molar-refractivity contribution < 1.29 is 19.8 Å². The summed E-state index contributed by atoms with van der Waals surface area (Å²) in [7, 11) is 0. The number of rotatable bonds is 12. The van der Waals surface area contributed by atoms with Crippen LogP contribution in [0.5, 0.6) is 0 Å². The van der Waals surface area contributed by atoms with Crippen molar-refractivity contribution in [2.24, 2.45) is 17.6 Å². The molecule has 0 aromatic heterocycles. The molecule has 6 N–H and O–H groups in total. The second-order valence-electron chi connectivity index (χ2n) is 6.23. The number of carbonyl (C=O) groups is 2. The Morgan fingerprint density at radius 1 is 1.13 bits per heavy atom. The van der Waals surface area contributed by atoms with Crippen LogP contribution in [0.3, 0.4) is 0 Å². The lowest BCUT2D eigenvalue weighted by Crippen LogP contribution is -2.55. The van der Waals surface area contributed by atoms with Crippen molar-refractivity contribution in [3.05, 3.63) is 0 Å². The SMILES string of the molecule is CCC(C)[C@H](N)CN[C@H](C(=O)N[C@@H](CCO)C(=O)O)[C@@H](C)CC. The summed E-state index contributed by atoms with van der Waals surface area (Å²) in [5, 5.41) is 23.7. The highest BCUT2D eigenvalue weighted by atomic mass is 16.4. The molecule has 1 amide bonds. The summed E-state index contributed by atoms with van der Waals surface area (Å²) in [5.74, 6) is -1.13. The van der Waals surface area contributed by atoms with Crippen molar-refractivity contribution >= 4 is 11.9 Å². The van der Waals surface area contributed by atoms with Gasteiger partial charge in [0.15, 0.2) is 0 Å². The largest absolute Gasteiger partial charge is 0.480 e. The van der Waals surface area contributed by atoms with Gasteiger partial charge in [-0.2, -0.15) is 0 Å². The van der Waals surface area contributed by atoms with Crippen molar-refractivity contribution in [2.75, 3.05) is 13.2 Å². The normalized spacial score (nSPS) is 17.8. The number of nitrogens with two attached hydrogens (primary N) is 1. The number of aliphatic hydroxyl groups excluding tert-OH is 1. The molecule has 7 nitrogen and oxygen atoms in total. The highest BCUT2D eigenvalue weighted by molar-refractivity contribution is 5.87. The van der Waals surface area contributed by atoms with Gasteiger partial charge in [0.2, 0.25) is 5.91 Å². The molecule has 0 saturated carbocycles. The smallest absolute Gasteiger partial charge is 0.326 e. The van der Waals surface area contributed by atoms with E-state index in [0.717, 1.165) is 12.8 Å². The lowest BCUT2D eigenvalue weighted by atomic mass is 9.95. The third-order valence-corrected chi connectivity index (χ3v) is 4.48. The van der Waals surface area contributed by atoms with Crippen LogP contribution in [0, 0.1) is 11.8 Å². The van der Waals surface area contributed by atoms with Gasteiger partial charge in [0.25, 0.3) is 0 Å². The fourth-order valence-electron chi connectivity index (χ4n) is 2.20. The quantitative estimate of drug-likeness (QED) is 0.351. The van der Waals surface area contributed by atoms with Crippen LogP contribution in [-0.4, -0.2) is 53.4 Å². The molecule has 23 heavy (non-hydrogen) atoms. The highest BCUT2D eigenvalue weighted by Crippen LogP contribution is 2.10. The van der Waals surface area contributed by atoms with E-state index in [4.69, 9.17) is 15.9 Å². The summed E-state index contributed by atoms with van der Waals surface area (Å²) in [6.07, 6.45) is 1.72. The predicted molar refractivity (Wildman–Crippen MR) is 89.9 cm³/mol. The van der Waals surface area contributed by atoms with E-state index in [9.17, 15) is 9.59 Å². The third kappa shape index (κ3) is 7.76. The zero-order chi connectivity index (χ0) is 18.0. The summed E-state index contributed by atoms with van der Waals surface area (Å²) < 4.78 is 0. The van der Waals surface area contributed by atoms with Crippen LogP contribution >= 0.6 is 0 Å². The van der Waals surface area contributed by atoms with Crippen LogP contribution < -0.4 is 16.4 Å². The maximum Gasteiger partial charge on any atom is 0.326 e. The Hall–Kier alpha value is -1.18. The van der Waals surface area contributed by atoms with E-state index in [0.29, 0.717) is 12.5 Å². The van der Waals surface area contributed by atoms with Gasteiger partial charge in [-0.05, 0) is 11.8 Å². The van der Waals surface area contributed by atoms with Crippen molar-refractivity contribution in [3.8, 4) is 0 Å². The minimum atomic E-state index is -1.15. The lowest BCUT2D eigenvalue weighted by Gasteiger charge is -2.28. The lowest BCUT2D eigenvalue weighted by molar-refractivity contribution is -0.142. The van der Waals surface area contributed by atoms with Gasteiger partial charge in [0.05, 0.1) is 6.04 Å². The first-order valence-corrected chi connectivity index (χ1v) is 8.41. The minimum absolute atomic E-state index is 0.0132. The average Bonchev–Trinajstić information content (AvgIpc) is 2.52. The van der Waals surface area contributed by atoms with Crippen LogP contribution in [0.15, 0.2) is 0 Å². The summed E-state index contributed by atoms with van der Waals surface area (Å²) in [5.41, 5.74) is 6.09. The van der Waals surface area contributed by atoms with E-state index in [1.807, 2.05) is 13.8 Å². The van der Waals surface area contributed by atoms with Crippen molar-refractivity contribution in [1.29, 1.82) is 0 Å². The number of carboxylic acid groups (broad SMARTS) is 1. The molecular weight excluding hydrogens is 298 g/mol. The molecule has 0 rings (SSSR count). The third-order valence-electron chi connectivity index (χ3n) is 4.48. The molecular formula is C16H33N3O4. The second kappa shape index (κ2) is 11.4. The first kappa shape index (κ1) is 21.8. The zero-order valence-corrected chi connectivity index (χ0v) is 14.7. The first-order chi connectivity index (χ1) is 10.8. The van der Waals surface area contributed by atoms with Crippen molar-refractivity contribution in [2.45, 2.75) is 65.1 Å². The van der Waals surface area contributed by atoms with Crippen molar-refractivity contribution in [1.82, 2.24) is 10.6 Å². The zero-order valence-electron chi connectivity index (χ0n) is 14.7. The Kier molecular flexibility index (Phi) is 10.8. The van der Waals surface area contributed by atoms with E-state index < -0.39 is 18.1 Å². The van der Waals surface area contributed by atoms with Gasteiger partial charge in [-0.15, -0.1) is 0 Å². The number of aliphatic hydroxyl groups is 1. The van der Waals surface area contributed by atoms with E-state index in [-0.39, 0.29) is 30.9 Å². The van der Waals surface area contributed by atoms with Crippen LogP contribution in [0.4, 0.5) is 0 Å². The molecule has 7 heteroatoms. The first-order valence-electron chi connectivity index (χ1n) is 8.41. The second-order valence-corrected chi connectivity index (χ2v) is 6.23. The van der Waals surface area contributed by atoms with Gasteiger partial charge < -0.3 is 26.6 Å². The van der Waals surface area contributed by atoms with Crippen LogP contribution in [0.1, 0.15) is 47.0 Å². The summed E-state index contributed by atoms with van der Waals surface area (Å²) in [4.78, 5) is 23.5. The molecule has 0 aliphatic carbocycles. The molecule has 0 aliphatic heterocycles. The van der Waals surface area contributed by atoms with Crippen LogP contribution in [-0.2, 0) is 9.59 Å². The van der Waals surface area contributed by atoms with Crippen molar-refractivity contribution in [3.63, 3.8) is 0 Å². The standard InChI is InChI=1S/C16H33N3O4/c1-5-10(3)12(17)9-18-14(11(4)6-2)15(21)19-13(7-8-20)16(22)23/h10-14,18,20H,5-9,17H2,1-4H3,(H,19,21)(H,22,23)/t10?,11-,12+,13-,14-/m0/s1. The number of carbonyl (C=O) groups excluding carboxylic acids is 1. The number of hydrogen-bond donors (Lipinski definition) is 5. The van der Waals surface area contributed by atoms with Crippen LogP contribution in [0.2, 0.25) is 0 Å². The van der Waals surface area contributed by atoms with Gasteiger partial charge >= 0.3 is 5.97 Å². The van der Waals surface area contributed by atoms with Gasteiger partial charge in [-0.1, -0.05) is 40.5 Å². The molecule has 136 valence electrons. The van der Waals surface area contributed by atoms with Gasteiger partial charge in [0.1, 0.15) is 6.04 Å². The highest BCUT2D eigenvalue weighted by Gasteiger charge is 2.28. The Morgan fingerprint density at radius 2 is 1.70 bits per heavy atom. The van der Waals surface area contributed by atoms with Gasteiger partial charge in [-0.3, -0.25) is 4.79 Å². The number of aliphatic carboxylic acids is 1. The molecule has 0 aromatic rings. The van der Waals surface area contributed by atoms with E-state index in [1.165, 1.54) is 0 Å². The van der Waals surface area contributed by atoms with E-state index >= 15 is 0 Å². The summed E-state index contributed by atoms with van der Waals surface area (Å²) >= 11 is 0. The fraction of sp³-hybridized carbons (Fsp3) is 0.875. The minimum Gasteiger partial charge on any atom is -0.480 e. The Labute approximate surface area is 139 Å². The molecule has 0 radical (unpaired) electrons. The Bertz CT molecular complexity index is 365. The van der Waals surface area contributed by atoms with E-state index in [2.05, 4.69) is 24.5 Å². The maximum atomic E-state index is 12.4. The summed E-state index contributed by atoms with van der Waals surface area (Å²) in [6.45, 7) is 8.24. The number of hydrogen-bond acceptors (Lipinski definition) is 5. The Balaban J connectivity index is 4.81. The van der Waals surface area contributed by atoms with Gasteiger partial charge in [0, 0.05) is 25.6 Å². The molecule has 1 unspecified atom stereocenters. The predicted octanol–water partition coefficient (Wildman–Crippen LogP) is 0.316. The molecule has 5 atom stereocenters. The maximum absolute atomic E-state index is 12.4. The molecule has 0 bridgehead atoms. The van der Waals surface area contributed by atoms with Gasteiger partial charge in [-0.25, -0.2) is 4.79 Å². The number of amides is 1. The number of carboxylic acids is 1.